The lowest BCUT2D eigenvalue weighted by Gasteiger charge is -2.26. The molecule has 0 unspecified atom stereocenters. The van der Waals surface area contributed by atoms with Crippen molar-refractivity contribution in [3.8, 4) is 0 Å². The van der Waals surface area contributed by atoms with Crippen molar-refractivity contribution in [1.82, 2.24) is 14.3 Å². The molecule has 208 valence electrons. The molecule has 40 heavy (non-hydrogen) atoms. The first kappa shape index (κ1) is 27.7. The van der Waals surface area contributed by atoms with Crippen LogP contribution in [0.3, 0.4) is 0 Å². The predicted molar refractivity (Wildman–Crippen MR) is 148 cm³/mol. The van der Waals surface area contributed by atoms with Crippen molar-refractivity contribution in [2.75, 3.05) is 4.90 Å². The number of aromatic nitrogens is 2. The van der Waals surface area contributed by atoms with Crippen LogP contribution in [0.15, 0.2) is 84.0 Å². The van der Waals surface area contributed by atoms with Crippen LogP contribution in [-0.2, 0) is 34.8 Å². The number of nitrogens with one attached hydrogen (secondary N) is 1. The van der Waals surface area contributed by atoms with Gasteiger partial charge in [-0.3, -0.25) is 4.79 Å². The van der Waals surface area contributed by atoms with E-state index in [1.165, 1.54) is 24.3 Å². The molecule has 0 saturated heterocycles. The number of anilines is 1. The van der Waals surface area contributed by atoms with Gasteiger partial charge in [0.25, 0.3) is 0 Å². The second-order valence-corrected chi connectivity index (χ2v) is 11.9. The first-order chi connectivity index (χ1) is 19.1. The van der Waals surface area contributed by atoms with Crippen LogP contribution in [0.4, 0.5) is 14.5 Å². The quantitative estimate of drug-likeness (QED) is 0.296. The number of sulfonamides is 1. The topological polar surface area (TPSA) is 84.3 Å². The molecule has 3 aromatic carbocycles. The summed E-state index contributed by atoms with van der Waals surface area (Å²) >= 11 is 0. The maximum absolute atomic E-state index is 13.7. The van der Waals surface area contributed by atoms with Crippen LogP contribution < -0.4 is 9.62 Å². The zero-order chi connectivity index (χ0) is 28.4. The molecule has 0 radical (unpaired) electrons. The summed E-state index contributed by atoms with van der Waals surface area (Å²) in [5, 5.41) is 0. The van der Waals surface area contributed by atoms with E-state index >= 15 is 0 Å². The number of carbonyl (C=O) groups is 1. The van der Waals surface area contributed by atoms with Gasteiger partial charge in [-0.15, -0.1) is 0 Å². The largest absolute Gasteiger partial charge is 0.337 e. The van der Waals surface area contributed by atoms with Crippen LogP contribution >= 0.6 is 0 Å². The Kier molecular flexibility index (Phi) is 7.82. The highest BCUT2D eigenvalue weighted by atomic mass is 32.2. The van der Waals surface area contributed by atoms with E-state index in [1.54, 1.807) is 23.2 Å². The van der Waals surface area contributed by atoms with Gasteiger partial charge in [-0.1, -0.05) is 25.1 Å². The lowest BCUT2D eigenvalue weighted by molar-refractivity contribution is -0.119. The average molecular weight is 565 g/mol. The Labute approximate surface area is 232 Å². The van der Waals surface area contributed by atoms with Crippen LogP contribution in [0, 0.1) is 11.6 Å². The summed E-state index contributed by atoms with van der Waals surface area (Å²) in [5.74, 6) is -0.442. The number of benzene rings is 3. The van der Waals surface area contributed by atoms with E-state index in [0.29, 0.717) is 24.4 Å². The number of imidazole rings is 1. The Morgan fingerprint density at radius 1 is 1.07 bits per heavy atom. The molecule has 7 nitrogen and oxygen atoms in total. The van der Waals surface area contributed by atoms with Gasteiger partial charge in [-0.05, 0) is 84.0 Å². The van der Waals surface area contributed by atoms with Gasteiger partial charge in [-0.2, -0.15) is 0 Å². The van der Waals surface area contributed by atoms with Gasteiger partial charge in [0.05, 0.1) is 11.4 Å². The third kappa shape index (κ3) is 5.97. The summed E-state index contributed by atoms with van der Waals surface area (Å²) in [6.07, 6.45) is 4.91. The normalized spacial score (nSPS) is 15.6. The van der Waals surface area contributed by atoms with Crippen molar-refractivity contribution >= 4 is 21.6 Å². The number of amides is 1. The van der Waals surface area contributed by atoms with E-state index in [0.717, 1.165) is 28.8 Å². The highest BCUT2D eigenvalue weighted by molar-refractivity contribution is 7.89. The Hall–Kier alpha value is -3.89. The zero-order valence-electron chi connectivity index (χ0n) is 22.2. The second kappa shape index (κ2) is 11.3. The molecule has 1 heterocycles. The Balaban J connectivity index is 1.43. The fraction of sp³-hybridized carbons (Fsp3) is 0.267. The molecule has 2 atom stereocenters. The molecule has 0 aliphatic heterocycles. The van der Waals surface area contributed by atoms with E-state index < -0.39 is 21.9 Å². The number of aryl methyl sites for hydroxylation is 2. The van der Waals surface area contributed by atoms with Crippen LogP contribution in [-0.4, -0.2) is 23.9 Å². The number of rotatable bonds is 9. The lowest BCUT2D eigenvalue weighted by atomic mass is 9.97. The SMILES string of the molecule is C[C@@H](CC(=O)N(Cc1nccn1C)c1ccc2c(c1)[C@@H](NS(=O)(=O)c1ccc(F)cc1)CC2)c1ccc(F)cc1. The van der Waals surface area contributed by atoms with Gasteiger partial charge in [0.2, 0.25) is 15.9 Å². The van der Waals surface area contributed by atoms with E-state index in [2.05, 4.69) is 9.71 Å². The number of carbonyl (C=O) groups excluding carboxylic acids is 1. The molecule has 0 spiro atoms. The van der Waals surface area contributed by atoms with Crippen LogP contribution in [0.1, 0.15) is 54.2 Å². The minimum Gasteiger partial charge on any atom is -0.337 e. The monoisotopic (exact) mass is 564 g/mol. The third-order valence-corrected chi connectivity index (χ3v) is 8.87. The first-order valence-corrected chi connectivity index (χ1v) is 14.5. The minimum absolute atomic E-state index is 0.0140. The summed E-state index contributed by atoms with van der Waals surface area (Å²) in [7, 11) is -2.03. The molecular weight excluding hydrogens is 534 g/mol. The number of halogens is 2. The number of nitrogens with zero attached hydrogens (tertiary/aromatic N) is 3. The van der Waals surface area contributed by atoms with Gasteiger partial charge in [0, 0.05) is 37.6 Å². The molecule has 5 rings (SSSR count). The molecule has 0 bridgehead atoms. The highest BCUT2D eigenvalue weighted by Crippen LogP contribution is 2.36. The van der Waals surface area contributed by atoms with E-state index in [4.69, 9.17) is 0 Å². The molecule has 1 amide bonds. The van der Waals surface area contributed by atoms with Crippen molar-refractivity contribution in [1.29, 1.82) is 0 Å². The van der Waals surface area contributed by atoms with Crippen LogP contribution in [0.25, 0.3) is 0 Å². The lowest BCUT2D eigenvalue weighted by Crippen LogP contribution is -2.32. The maximum Gasteiger partial charge on any atom is 0.241 e. The second-order valence-electron chi connectivity index (χ2n) is 10.1. The fourth-order valence-corrected chi connectivity index (χ4v) is 6.29. The standard InChI is InChI=1S/C30H30F2N4O3S/c1-20(21-3-7-23(31)8-4-21)17-30(37)36(19-29-33-15-16-35(29)2)25-11-5-22-6-14-28(27(22)18-25)34-40(38,39)26-12-9-24(32)10-13-26/h3-5,7-13,15-16,18,20,28,34H,6,14,17,19H2,1-2H3/t20-,28-/m0/s1. The van der Waals surface area contributed by atoms with Crippen molar-refractivity contribution in [3.63, 3.8) is 0 Å². The van der Waals surface area contributed by atoms with Crippen LogP contribution in [0.2, 0.25) is 0 Å². The number of hydrogen-bond donors (Lipinski definition) is 1. The molecular formula is C30H30F2N4O3S. The van der Waals surface area contributed by atoms with Crippen LogP contribution in [0.5, 0.6) is 0 Å². The van der Waals surface area contributed by atoms with Crippen molar-refractivity contribution in [3.05, 3.63) is 113 Å². The number of fused-ring (bicyclic) bond motifs is 1. The summed E-state index contributed by atoms with van der Waals surface area (Å²) in [6.45, 7) is 2.15. The van der Waals surface area contributed by atoms with Gasteiger partial charge < -0.3 is 9.47 Å². The third-order valence-electron chi connectivity index (χ3n) is 7.38. The fourth-order valence-electron chi connectivity index (χ4n) is 5.04. The van der Waals surface area contributed by atoms with Gasteiger partial charge in [0.15, 0.2) is 0 Å². The molecule has 10 heteroatoms. The van der Waals surface area contributed by atoms with E-state index in [1.807, 2.05) is 42.9 Å². The van der Waals surface area contributed by atoms with Crippen molar-refractivity contribution in [2.24, 2.45) is 7.05 Å². The van der Waals surface area contributed by atoms with Gasteiger partial charge in [0.1, 0.15) is 17.5 Å². The summed E-state index contributed by atoms with van der Waals surface area (Å²) in [6, 6.07) is 16.0. The molecule has 1 aliphatic carbocycles. The van der Waals surface area contributed by atoms with Gasteiger partial charge in [-0.25, -0.2) is 26.9 Å². The van der Waals surface area contributed by atoms with Crippen molar-refractivity contribution in [2.45, 2.75) is 49.6 Å². The minimum atomic E-state index is -3.89. The average Bonchev–Trinajstić information content (AvgIpc) is 3.52. The zero-order valence-corrected chi connectivity index (χ0v) is 23.0. The maximum atomic E-state index is 13.7. The highest BCUT2D eigenvalue weighted by Gasteiger charge is 2.29. The summed E-state index contributed by atoms with van der Waals surface area (Å²) in [5.41, 5.74) is 3.29. The molecule has 0 saturated carbocycles. The van der Waals surface area contributed by atoms with Crippen molar-refractivity contribution < 1.29 is 22.0 Å². The van der Waals surface area contributed by atoms with E-state index in [-0.39, 0.29) is 35.5 Å². The molecule has 1 N–H and O–H groups in total. The Morgan fingerprint density at radius 2 is 1.75 bits per heavy atom. The molecule has 1 aliphatic rings. The molecule has 0 fully saturated rings. The molecule has 1 aromatic heterocycles. The molecule has 4 aromatic rings. The summed E-state index contributed by atoms with van der Waals surface area (Å²) < 4.78 is 57.4. The Bertz CT molecular complexity index is 1620. The first-order valence-electron chi connectivity index (χ1n) is 13.0. The van der Waals surface area contributed by atoms with E-state index in [9.17, 15) is 22.0 Å². The predicted octanol–water partition coefficient (Wildman–Crippen LogP) is 5.39. The Morgan fingerprint density at radius 3 is 2.40 bits per heavy atom. The number of hydrogen-bond acceptors (Lipinski definition) is 4. The smallest absolute Gasteiger partial charge is 0.241 e. The summed E-state index contributed by atoms with van der Waals surface area (Å²) in [4.78, 5) is 19.8. The van der Waals surface area contributed by atoms with Gasteiger partial charge >= 0.3 is 0 Å².